The first-order valence-corrected chi connectivity index (χ1v) is 8.42. The highest BCUT2D eigenvalue weighted by Crippen LogP contribution is 2.36. The average molecular weight is 294 g/mol. The van der Waals surface area contributed by atoms with Crippen molar-refractivity contribution >= 4 is 23.1 Å². The summed E-state index contributed by atoms with van der Waals surface area (Å²) in [6, 6.07) is 6.11. The van der Waals surface area contributed by atoms with E-state index in [0.717, 1.165) is 49.0 Å². The summed E-state index contributed by atoms with van der Waals surface area (Å²) in [7, 11) is 0. The second-order valence-corrected chi connectivity index (χ2v) is 7.68. The Morgan fingerprint density at radius 1 is 1.35 bits per heavy atom. The number of rotatable bonds is 4. The number of hydrogen-bond donors (Lipinski definition) is 1. The van der Waals surface area contributed by atoms with Crippen LogP contribution >= 0.6 is 11.8 Å². The van der Waals surface area contributed by atoms with Crippen molar-refractivity contribution in [3.05, 3.63) is 18.2 Å². The van der Waals surface area contributed by atoms with Gasteiger partial charge in [0.2, 0.25) is 0 Å². The van der Waals surface area contributed by atoms with Gasteiger partial charge in [0, 0.05) is 23.6 Å². The molecular formula is C16H26N2OS. The molecule has 0 aliphatic carbocycles. The highest BCUT2D eigenvalue weighted by Gasteiger charge is 2.24. The van der Waals surface area contributed by atoms with Crippen LogP contribution in [0, 0.1) is 0 Å². The van der Waals surface area contributed by atoms with Crippen molar-refractivity contribution in [2.45, 2.75) is 38.4 Å². The fourth-order valence-corrected chi connectivity index (χ4v) is 3.51. The van der Waals surface area contributed by atoms with Crippen molar-refractivity contribution in [3.8, 4) is 5.75 Å². The molecule has 0 amide bonds. The van der Waals surface area contributed by atoms with Gasteiger partial charge >= 0.3 is 0 Å². The molecular weight excluding hydrogens is 268 g/mol. The van der Waals surface area contributed by atoms with E-state index in [1.54, 1.807) is 0 Å². The molecule has 4 heteroatoms. The van der Waals surface area contributed by atoms with Crippen LogP contribution in [0.4, 0.5) is 11.4 Å². The number of hydrogen-bond acceptors (Lipinski definition) is 4. The Labute approximate surface area is 126 Å². The molecule has 0 unspecified atom stereocenters. The Morgan fingerprint density at radius 3 is 2.90 bits per heavy atom. The second kappa shape index (κ2) is 6.61. The maximum absolute atomic E-state index is 6.30. The molecule has 0 saturated carbocycles. The van der Waals surface area contributed by atoms with Crippen LogP contribution in [-0.2, 0) is 0 Å². The van der Waals surface area contributed by atoms with Crippen molar-refractivity contribution < 1.29 is 4.74 Å². The number of nitrogens with two attached hydrogens (primary N) is 1. The van der Waals surface area contributed by atoms with E-state index in [0.29, 0.717) is 4.75 Å². The largest absolute Gasteiger partial charge is 0.491 e. The van der Waals surface area contributed by atoms with Crippen molar-refractivity contribution in [3.63, 3.8) is 0 Å². The van der Waals surface area contributed by atoms with E-state index >= 15 is 0 Å². The van der Waals surface area contributed by atoms with Gasteiger partial charge in [-0.2, -0.15) is 11.8 Å². The maximum Gasteiger partial charge on any atom is 0.144 e. The van der Waals surface area contributed by atoms with Gasteiger partial charge in [0.1, 0.15) is 5.75 Å². The van der Waals surface area contributed by atoms with Gasteiger partial charge in [0.05, 0.1) is 18.0 Å². The van der Waals surface area contributed by atoms with E-state index in [1.807, 2.05) is 23.9 Å². The minimum atomic E-state index is 0.361. The maximum atomic E-state index is 6.30. The van der Waals surface area contributed by atoms with Gasteiger partial charge in [0.25, 0.3) is 0 Å². The summed E-state index contributed by atoms with van der Waals surface area (Å²) >= 11 is 2.05. The standard InChI is InChI=1S/C16H26N2OS/c1-4-11-19-14-7-5-6-13(15(14)17)18-9-8-16(2,3)20-12-10-18/h5-7H,4,8-12,17H2,1-3H3. The summed E-state index contributed by atoms with van der Waals surface area (Å²) in [4.78, 5) is 2.40. The molecule has 0 atom stereocenters. The van der Waals surface area contributed by atoms with Crippen LogP contribution in [0.5, 0.6) is 5.75 Å². The van der Waals surface area contributed by atoms with Gasteiger partial charge in [-0.1, -0.05) is 26.8 Å². The normalized spacial score (nSPS) is 18.6. The molecule has 0 radical (unpaired) electrons. The van der Waals surface area contributed by atoms with Crippen molar-refractivity contribution in [1.82, 2.24) is 0 Å². The summed E-state index contributed by atoms with van der Waals surface area (Å²) in [6.07, 6.45) is 2.18. The lowest BCUT2D eigenvalue weighted by molar-refractivity contribution is 0.319. The third-order valence-corrected chi connectivity index (χ3v) is 5.06. The Kier molecular flexibility index (Phi) is 5.08. The molecule has 1 aliphatic rings. The van der Waals surface area contributed by atoms with Gasteiger partial charge in [-0.15, -0.1) is 0 Å². The van der Waals surface area contributed by atoms with Crippen LogP contribution in [0.15, 0.2) is 18.2 Å². The molecule has 112 valence electrons. The first-order valence-electron chi connectivity index (χ1n) is 7.44. The molecule has 0 spiro atoms. The average Bonchev–Trinajstić information content (AvgIpc) is 2.59. The van der Waals surface area contributed by atoms with E-state index < -0.39 is 0 Å². The second-order valence-electron chi connectivity index (χ2n) is 5.88. The smallest absolute Gasteiger partial charge is 0.144 e. The molecule has 2 rings (SSSR count). The summed E-state index contributed by atoms with van der Waals surface area (Å²) in [5.41, 5.74) is 8.21. The van der Waals surface area contributed by atoms with Gasteiger partial charge < -0.3 is 15.4 Å². The van der Waals surface area contributed by atoms with Gasteiger partial charge in [-0.3, -0.25) is 0 Å². The lowest BCUT2D eigenvalue weighted by Gasteiger charge is -2.26. The Balaban J connectivity index is 2.15. The molecule has 1 aliphatic heterocycles. The van der Waals surface area contributed by atoms with Crippen molar-refractivity contribution in [2.24, 2.45) is 0 Å². The zero-order chi connectivity index (χ0) is 14.6. The molecule has 1 aromatic rings. The third-order valence-electron chi connectivity index (χ3n) is 3.68. The van der Waals surface area contributed by atoms with Gasteiger partial charge in [-0.05, 0) is 25.0 Å². The fourth-order valence-electron chi connectivity index (χ4n) is 2.41. The number of benzene rings is 1. The topological polar surface area (TPSA) is 38.5 Å². The van der Waals surface area contributed by atoms with Crippen LogP contribution in [0.3, 0.4) is 0 Å². The fraction of sp³-hybridized carbons (Fsp3) is 0.625. The van der Waals surface area contributed by atoms with Crippen molar-refractivity contribution in [1.29, 1.82) is 0 Å². The predicted molar refractivity (Wildman–Crippen MR) is 90.0 cm³/mol. The van der Waals surface area contributed by atoms with Crippen LogP contribution in [0.25, 0.3) is 0 Å². The Bertz CT molecular complexity index is 448. The highest BCUT2D eigenvalue weighted by atomic mass is 32.2. The van der Waals surface area contributed by atoms with E-state index in [1.165, 1.54) is 6.42 Å². The quantitative estimate of drug-likeness (QED) is 0.858. The van der Waals surface area contributed by atoms with Crippen LogP contribution in [-0.4, -0.2) is 30.2 Å². The molecule has 1 heterocycles. The van der Waals surface area contributed by atoms with Crippen LogP contribution in [0.2, 0.25) is 0 Å². The van der Waals surface area contributed by atoms with Crippen LogP contribution in [0.1, 0.15) is 33.6 Å². The summed E-state index contributed by atoms with van der Waals surface area (Å²) in [5, 5.41) is 0. The molecule has 3 nitrogen and oxygen atoms in total. The first-order chi connectivity index (χ1) is 9.53. The molecule has 2 N–H and O–H groups in total. The van der Waals surface area contributed by atoms with Gasteiger partial charge in [-0.25, -0.2) is 0 Å². The zero-order valence-electron chi connectivity index (χ0n) is 12.8. The van der Waals surface area contributed by atoms with Crippen molar-refractivity contribution in [2.75, 3.05) is 36.1 Å². The molecule has 1 fully saturated rings. The van der Waals surface area contributed by atoms with E-state index in [2.05, 4.69) is 31.7 Å². The number of nitrogens with zero attached hydrogens (tertiary/aromatic N) is 1. The Hall–Kier alpha value is -1.03. The highest BCUT2D eigenvalue weighted by molar-refractivity contribution is 8.00. The molecule has 1 saturated heterocycles. The summed E-state index contributed by atoms with van der Waals surface area (Å²) < 4.78 is 6.09. The first kappa shape index (κ1) is 15.4. The predicted octanol–water partition coefficient (Wildman–Crippen LogP) is 3.78. The number of ether oxygens (including phenoxy) is 1. The number of thioether (sulfide) groups is 1. The number of para-hydroxylation sites is 1. The summed E-state index contributed by atoms with van der Waals surface area (Å²) in [6.45, 7) is 9.58. The third kappa shape index (κ3) is 3.75. The minimum Gasteiger partial charge on any atom is -0.491 e. The van der Waals surface area contributed by atoms with Crippen LogP contribution < -0.4 is 15.4 Å². The van der Waals surface area contributed by atoms with E-state index in [-0.39, 0.29) is 0 Å². The lowest BCUT2D eigenvalue weighted by Crippen LogP contribution is -2.27. The lowest BCUT2D eigenvalue weighted by atomic mass is 10.1. The Morgan fingerprint density at radius 2 is 2.15 bits per heavy atom. The van der Waals surface area contributed by atoms with E-state index in [9.17, 15) is 0 Å². The SMILES string of the molecule is CCCOc1cccc(N2CCSC(C)(C)CC2)c1N. The monoisotopic (exact) mass is 294 g/mol. The molecule has 20 heavy (non-hydrogen) atoms. The zero-order valence-corrected chi connectivity index (χ0v) is 13.6. The molecule has 1 aromatic carbocycles. The summed E-state index contributed by atoms with van der Waals surface area (Å²) in [5.74, 6) is 1.97. The minimum absolute atomic E-state index is 0.361. The van der Waals surface area contributed by atoms with Gasteiger partial charge in [0.15, 0.2) is 0 Å². The number of nitrogen functional groups attached to an aromatic ring is 1. The molecule has 0 aromatic heterocycles. The molecule has 0 bridgehead atoms. The van der Waals surface area contributed by atoms with E-state index in [4.69, 9.17) is 10.5 Å². The number of anilines is 2.